The Morgan fingerprint density at radius 3 is 2.88 bits per heavy atom. The minimum atomic E-state index is -0.960. The lowest BCUT2D eigenvalue weighted by molar-refractivity contribution is -0.385. The molecule has 1 atom stereocenters. The first kappa shape index (κ1) is 11.8. The molecule has 1 fully saturated rings. The molecular weight excluding hydrogens is 224 g/mol. The molecular formula is C11H14N2O4. The lowest BCUT2D eigenvalue weighted by atomic mass is 9.93. The number of aliphatic hydroxyl groups is 1. The molecule has 0 spiro atoms. The summed E-state index contributed by atoms with van der Waals surface area (Å²) in [4.78, 5) is 10.3. The van der Waals surface area contributed by atoms with Crippen molar-refractivity contribution in [1.82, 2.24) is 5.32 Å². The lowest BCUT2D eigenvalue weighted by Crippen LogP contribution is -2.34. The van der Waals surface area contributed by atoms with Crippen LogP contribution in [0.3, 0.4) is 0 Å². The van der Waals surface area contributed by atoms with Crippen LogP contribution in [0.1, 0.15) is 12.0 Å². The van der Waals surface area contributed by atoms with Gasteiger partial charge in [-0.3, -0.25) is 10.1 Å². The Bertz CT molecular complexity index is 441. The monoisotopic (exact) mass is 238 g/mol. The molecule has 1 aliphatic rings. The number of hydrogen-bond donors (Lipinski definition) is 3. The molecule has 1 aromatic carbocycles. The van der Waals surface area contributed by atoms with Crippen LogP contribution in [0.15, 0.2) is 18.2 Å². The van der Waals surface area contributed by atoms with Gasteiger partial charge in [-0.25, -0.2) is 0 Å². The van der Waals surface area contributed by atoms with Gasteiger partial charge in [0.05, 0.1) is 10.5 Å². The van der Waals surface area contributed by atoms with Crippen LogP contribution in [-0.4, -0.2) is 33.8 Å². The van der Waals surface area contributed by atoms with Gasteiger partial charge >= 0.3 is 0 Å². The maximum Gasteiger partial charge on any atom is 0.272 e. The molecule has 1 saturated heterocycles. The molecule has 0 aromatic heterocycles. The Morgan fingerprint density at radius 2 is 2.29 bits per heavy atom. The molecule has 0 saturated carbocycles. The smallest absolute Gasteiger partial charge is 0.272 e. The molecule has 1 heterocycles. The molecule has 6 nitrogen and oxygen atoms in total. The molecule has 17 heavy (non-hydrogen) atoms. The van der Waals surface area contributed by atoms with Gasteiger partial charge in [-0.15, -0.1) is 0 Å². The number of nitro benzene ring substituents is 1. The standard InChI is InChI=1S/C11H14N2O4/c14-9-1-2-10(13(16)17)8(5-9)6-11(15)3-4-12-7-11/h1-2,5,12,14-15H,3-4,6-7H2. The van der Waals surface area contributed by atoms with Crippen molar-refractivity contribution in [2.45, 2.75) is 18.4 Å². The molecule has 6 heteroatoms. The fraction of sp³-hybridized carbons (Fsp3) is 0.455. The minimum absolute atomic E-state index is 0.0276. The molecule has 1 aromatic rings. The lowest BCUT2D eigenvalue weighted by Gasteiger charge is -2.21. The van der Waals surface area contributed by atoms with Crippen molar-refractivity contribution >= 4 is 5.69 Å². The van der Waals surface area contributed by atoms with E-state index in [9.17, 15) is 20.3 Å². The first-order chi connectivity index (χ1) is 8.00. The van der Waals surface area contributed by atoms with Crippen LogP contribution in [0.4, 0.5) is 5.69 Å². The van der Waals surface area contributed by atoms with Gasteiger partial charge in [0.2, 0.25) is 0 Å². The number of benzene rings is 1. The third-order valence-corrected chi connectivity index (χ3v) is 3.00. The van der Waals surface area contributed by atoms with Crippen molar-refractivity contribution in [3.05, 3.63) is 33.9 Å². The van der Waals surface area contributed by atoms with Crippen LogP contribution in [0, 0.1) is 10.1 Å². The predicted molar refractivity (Wildman–Crippen MR) is 60.9 cm³/mol. The molecule has 0 amide bonds. The first-order valence-electron chi connectivity index (χ1n) is 5.40. The van der Waals surface area contributed by atoms with E-state index in [-0.39, 0.29) is 17.9 Å². The van der Waals surface area contributed by atoms with E-state index in [1.165, 1.54) is 18.2 Å². The van der Waals surface area contributed by atoms with E-state index in [0.29, 0.717) is 25.1 Å². The zero-order valence-electron chi connectivity index (χ0n) is 9.22. The maximum atomic E-state index is 10.8. The summed E-state index contributed by atoms with van der Waals surface area (Å²) >= 11 is 0. The summed E-state index contributed by atoms with van der Waals surface area (Å²) in [7, 11) is 0. The molecule has 0 bridgehead atoms. The van der Waals surface area contributed by atoms with E-state index in [0.717, 1.165) is 0 Å². The highest BCUT2D eigenvalue weighted by molar-refractivity contribution is 5.45. The molecule has 3 N–H and O–H groups in total. The molecule has 0 aliphatic carbocycles. The molecule has 92 valence electrons. The third kappa shape index (κ3) is 2.54. The number of β-amino-alcohol motifs (C(OH)–C–C–N with tert-alkyl or cyclic N) is 1. The average Bonchev–Trinajstić information content (AvgIpc) is 2.64. The second-order valence-electron chi connectivity index (χ2n) is 4.40. The number of nitro groups is 1. The van der Waals surface area contributed by atoms with Gasteiger partial charge in [0.1, 0.15) is 5.75 Å². The number of rotatable bonds is 3. The van der Waals surface area contributed by atoms with Gasteiger partial charge in [0.15, 0.2) is 0 Å². The zero-order chi connectivity index (χ0) is 12.5. The van der Waals surface area contributed by atoms with E-state index in [2.05, 4.69) is 5.32 Å². The fourth-order valence-corrected chi connectivity index (χ4v) is 2.13. The predicted octanol–water partition coefficient (Wildman–Crippen LogP) is 0.567. The molecule has 2 rings (SSSR count). The van der Waals surface area contributed by atoms with Crippen LogP contribution in [-0.2, 0) is 6.42 Å². The van der Waals surface area contributed by atoms with Gasteiger partial charge in [0, 0.05) is 24.6 Å². The summed E-state index contributed by atoms with van der Waals surface area (Å²) in [6, 6.07) is 3.88. The van der Waals surface area contributed by atoms with Crippen molar-refractivity contribution < 1.29 is 15.1 Å². The van der Waals surface area contributed by atoms with Crippen molar-refractivity contribution in [3.63, 3.8) is 0 Å². The topological polar surface area (TPSA) is 95.6 Å². The Hall–Kier alpha value is -1.66. The number of phenols is 1. The highest BCUT2D eigenvalue weighted by Gasteiger charge is 2.33. The van der Waals surface area contributed by atoms with Crippen molar-refractivity contribution in [3.8, 4) is 5.75 Å². The van der Waals surface area contributed by atoms with Crippen LogP contribution >= 0.6 is 0 Å². The average molecular weight is 238 g/mol. The summed E-state index contributed by atoms with van der Waals surface area (Å²) in [5.74, 6) is -0.0276. The third-order valence-electron chi connectivity index (χ3n) is 3.00. The summed E-state index contributed by atoms with van der Waals surface area (Å²) in [6.07, 6.45) is 0.727. The van der Waals surface area contributed by atoms with E-state index >= 15 is 0 Å². The van der Waals surface area contributed by atoms with Gasteiger partial charge < -0.3 is 15.5 Å². The van der Waals surface area contributed by atoms with Crippen molar-refractivity contribution in [2.24, 2.45) is 0 Å². The maximum absolute atomic E-state index is 10.8. The summed E-state index contributed by atoms with van der Waals surface area (Å²) in [5.41, 5.74) is -0.664. The van der Waals surface area contributed by atoms with E-state index in [1.807, 2.05) is 0 Å². The summed E-state index contributed by atoms with van der Waals surface area (Å²) in [6.45, 7) is 1.11. The summed E-state index contributed by atoms with van der Waals surface area (Å²) < 4.78 is 0. The number of nitrogens with zero attached hydrogens (tertiary/aromatic N) is 1. The van der Waals surface area contributed by atoms with Crippen LogP contribution < -0.4 is 5.32 Å². The molecule has 0 radical (unpaired) electrons. The number of aromatic hydroxyl groups is 1. The molecule has 1 unspecified atom stereocenters. The largest absolute Gasteiger partial charge is 0.508 e. The van der Waals surface area contributed by atoms with E-state index in [1.54, 1.807) is 0 Å². The van der Waals surface area contributed by atoms with Crippen molar-refractivity contribution in [1.29, 1.82) is 0 Å². The minimum Gasteiger partial charge on any atom is -0.508 e. The summed E-state index contributed by atoms with van der Waals surface area (Å²) in [5, 5.41) is 33.4. The van der Waals surface area contributed by atoms with Gasteiger partial charge in [-0.1, -0.05) is 0 Å². The SMILES string of the molecule is O=[N+]([O-])c1ccc(O)cc1CC1(O)CCNC1. The van der Waals surface area contributed by atoms with Crippen LogP contribution in [0.2, 0.25) is 0 Å². The van der Waals surface area contributed by atoms with Gasteiger partial charge in [-0.2, -0.15) is 0 Å². The highest BCUT2D eigenvalue weighted by atomic mass is 16.6. The Labute approximate surface area is 98.0 Å². The second-order valence-corrected chi connectivity index (χ2v) is 4.40. The van der Waals surface area contributed by atoms with Gasteiger partial charge in [-0.05, 0) is 25.1 Å². The normalized spacial score (nSPS) is 23.8. The van der Waals surface area contributed by atoms with Crippen LogP contribution in [0.25, 0.3) is 0 Å². The zero-order valence-corrected chi connectivity index (χ0v) is 9.22. The number of hydrogen-bond acceptors (Lipinski definition) is 5. The second kappa shape index (κ2) is 4.31. The highest BCUT2D eigenvalue weighted by Crippen LogP contribution is 2.29. The van der Waals surface area contributed by atoms with Crippen LogP contribution in [0.5, 0.6) is 5.75 Å². The Balaban J connectivity index is 2.30. The van der Waals surface area contributed by atoms with Crippen molar-refractivity contribution in [2.75, 3.05) is 13.1 Å². The fourth-order valence-electron chi connectivity index (χ4n) is 2.13. The number of phenolic OH excluding ortho intramolecular Hbond substituents is 1. The number of nitrogens with one attached hydrogen (secondary N) is 1. The molecule has 1 aliphatic heterocycles. The Morgan fingerprint density at radius 1 is 1.53 bits per heavy atom. The first-order valence-corrected chi connectivity index (χ1v) is 5.40. The quantitative estimate of drug-likeness (QED) is 0.528. The van der Waals surface area contributed by atoms with E-state index in [4.69, 9.17) is 0 Å². The van der Waals surface area contributed by atoms with E-state index < -0.39 is 10.5 Å². The van der Waals surface area contributed by atoms with Gasteiger partial charge in [0.25, 0.3) is 5.69 Å². The Kier molecular flexibility index (Phi) is 2.99.